The van der Waals surface area contributed by atoms with Gasteiger partial charge in [-0.1, -0.05) is 13.8 Å². The molecule has 1 amide bonds. The summed E-state index contributed by atoms with van der Waals surface area (Å²) in [6.45, 7) is 8.07. The van der Waals surface area contributed by atoms with E-state index in [1.807, 2.05) is 11.8 Å². The highest BCUT2D eigenvalue weighted by Crippen LogP contribution is 2.31. The van der Waals surface area contributed by atoms with Crippen molar-refractivity contribution in [3.8, 4) is 0 Å². The van der Waals surface area contributed by atoms with E-state index in [0.717, 1.165) is 35.0 Å². The number of carbonyl (C=O) groups is 1. The zero-order valence-electron chi connectivity index (χ0n) is 10.0. The van der Waals surface area contributed by atoms with Crippen LogP contribution >= 0.6 is 11.3 Å². The number of nitrogens with zero attached hydrogens (tertiary/aromatic N) is 1. The zero-order valence-corrected chi connectivity index (χ0v) is 10.9. The molecule has 3 nitrogen and oxygen atoms in total. The molecule has 0 saturated carbocycles. The lowest BCUT2D eigenvalue weighted by Gasteiger charge is -2.19. The highest BCUT2D eigenvalue weighted by atomic mass is 32.1. The number of nitrogens with two attached hydrogens (primary N) is 1. The van der Waals surface area contributed by atoms with Gasteiger partial charge < -0.3 is 10.6 Å². The van der Waals surface area contributed by atoms with Gasteiger partial charge in [-0.2, -0.15) is 0 Å². The number of hydrogen-bond donors (Lipinski definition) is 1. The summed E-state index contributed by atoms with van der Waals surface area (Å²) in [7, 11) is 0. The summed E-state index contributed by atoms with van der Waals surface area (Å²) in [6.07, 6.45) is 1.08. The fourth-order valence-corrected chi connectivity index (χ4v) is 2.95. The Morgan fingerprint density at radius 1 is 1.56 bits per heavy atom. The second-order valence-corrected chi connectivity index (χ2v) is 6.52. The molecular weight excluding hydrogens is 220 g/mol. The topological polar surface area (TPSA) is 46.3 Å². The van der Waals surface area contributed by atoms with Crippen LogP contribution < -0.4 is 5.73 Å². The summed E-state index contributed by atoms with van der Waals surface area (Å²) < 4.78 is 0. The van der Waals surface area contributed by atoms with Gasteiger partial charge in [-0.05, 0) is 24.8 Å². The van der Waals surface area contributed by atoms with Crippen LogP contribution in [0, 0.1) is 12.3 Å². The van der Waals surface area contributed by atoms with Crippen molar-refractivity contribution in [1.29, 1.82) is 0 Å². The predicted molar refractivity (Wildman–Crippen MR) is 67.8 cm³/mol. The first-order valence-corrected chi connectivity index (χ1v) is 6.36. The Hall–Kier alpha value is -1.03. The van der Waals surface area contributed by atoms with Crippen molar-refractivity contribution in [2.75, 3.05) is 18.8 Å². The highest BCUT2D eigenvalue weighted by Gasteiger charge is 2.32. The van der Waals surface area contributed by atoms with E-state index in [1.54, 1.807) is 6.07 Å². The maximum Gasteiger partial charge on any atom is 0.264 e. The van der Waals surface area contributed by atoms with Crippen molar-refractivity contribution in [2.45, 2.75) is 27.2 Å². The van der Waals surface area contributed by atoms with Crippen LogP contribution in [0.3, 0.4) is 0 Å². The maximum absolute atomic E-state index is 12.2. The lowest BCUT2D eigenvalue weighted by atomic mass is 9.93. The van der Waals surface area contributed by atoms with Gasteiger partial charge in [0.15, 0.2) is 0 Å². The molecule has 0 atom stereocenters. The molecule has 0 radical (unpaired) electrons. The third kappa shape index (κ3) is 2.07. The van der Waals surface area contributed by atoms with E-state index in [-0.39, 0.29) is 11.3 Å². The third-order valence-electron chi connectivity index (χ3n) is 3.13. The van der Waals surface area contributed by atoms with Crippen molar-refractivity contribution in [3.05, 3.63) is 15.8 Å². The van der Waals surface area contributed by atoms with E-state index in [2.05, 4.69) is 13.8 Å². The first-order chi connectivity index (χ1) is 7.39. The summed E-state index contributed by atoms with van der Waals surface area (Å²) in [5.41, 5.74) is 6.76. The quantitative estimate of drug-likeness (QED) is 0.817. The van der Waals surface area contributed by atoms with E-state index in [4.69, 9.17) is 5.73 Å². The van der Waals surface area contributed by atoms with Gasteiger partial charge in [0.25, 0.3) is 5.91 Å². The molecule has 1 fully saturated rings. The van der Waals surface area contributed by atoms with Crippen molar-refractivity contribution >= 4 is 22.9 Å². The summed E-state index contributed by atoms with van der Waals surface area (Å²) in [6, 6.07) is 1.80. The molecule has 2 heterocycles. The smallest absolute Gasteiger partial charge is 0.264 e. The molecule has 0 spiro atoms. The molecule has 88 valence electrons. The van der Waals surface area contributed by atoms with Gasteiger partial charge in [-0.3, -0.25) is 4.79 Å². The van der Waals surface area contributed by atoms with Gasteiger partial charge in [0.1, 0.15) is 0 Å². The van der Waals surface area contributed by atoms with E-state index in [1.165, 1.54) is 11.3 Å². The van der Waals surface area contributed by atoms with Crippen LogP contribution in [0.15, 0.2) is 6.07 Å². The van der Waals surface area contributed by atoms with Crippen LogP contribution in [0.2, 0.25) is 0 Å². The second-order valence-electron chi connectivity index (χ2n) is 5.26. The van der Waals surface area contributed by atoms with Gasteiger partial charge in [0.2, 0.25) is 0 Å². The number of anilines is 1. The molecule has 1 aliphatic heterocycles. The molecule has 0 aliphatic carbocycles. The second kappa shape index (κ2) is 3.77. The van der Waals surface area contributed by atoms with Crippen molar-refractivity contribution in [2.24, 2.45) is 5.41 Å². The monoisotopic (exact) mass is 238 g/mol. The summed E-state index contributed by atoms with van der Waals surface area (Å²) in [5, 5.41) is 0. The number of amides is 1. The van der Waals surface area contributed by atoms with E-state index in [9.17, 15) is 4.79 Å². The summed E-state index contributed by atoms with van der Waals surface area (Å²) in [4.78, 5) is 15.9. The summed E-state index contributed by atoms with van der Waals surface area (Å²) >= 11 is 1.49. The molecule has 1 aromatic rings. The molecule has 0 bridgehead atoms. The SMILES string of the molecule is Cc1sc(C(=O)N2CCC(C)(C)C2)cc1N. The number of likely N-dealkylation sites (tertiary alicyclic amines) is 1. The Morgan fingerprint density at radius 3 is 2.69 bits per heavy atom. The Balaban J connectivity index is 2.15. The molecule has 1 aliphatic rings. The molecule has 0 unspecified atom stereocenters. The fraction of sp³-hybridized carbons (Fsp3) is 0.583. The first-order valence-electron chi connectivity index (χ1n) is 5.54. The fourth-order valence-electron chi connectivity index (χ4n) is 2.04. The normalized spacial score (nSPS) is 19.1. The standard InChI is InChI=1S/C12H18N2OS/c1-8-9(13)6-10(16-8)11(15)14-5-4-12(2,3)7-14/h6H,4-5,7,13H2,1-3H3. The van der Waals surface area contributed by atoms with Gasteiger partial charge in [-0.15, -0.1) is 11.3 Å². The zero-order chi connectivity index (χ0) is 11.9. The minimum Gasteiger partial charge on any atom is -0.398 e. The lowest BCUT2D eigenvalue weighted by Crippen LogP contribution is -2.29. The van der Waals surface area contributed by atoms with Gasteiger partial charge in [0, 0.05) is 23.7 Å². The average Bonchev–Trinajstić information content (AvgIpc) is 2.70. The first kappa shape index (κ1) is 11.5. The molecule has 2 N–H and O–H groups in total. The number of aryl methyl sites for hydroxylation is 1. The number of rotatable bonds is 1. The number of hydrogen-bond acceptors (Lipinski definition) is 3. The molecule has 0 aromatic carbocycles. The van der Waals surface area contributed by atoms with Crippen LogP contribution in [0.4, 0.5) is 5.69 Å². The number of nitrogen functional groups attached to an aromatic ring is 1. The van der Waals surface area contributed by atoms with Crippen molar-refractivity contribution in [1.82, 2.24) is 4.90 Å². The molecule has 1 aromatic heterocycles. The number of carbonyl (C=O) groups excluding carboxylic acids is 1. The Kier molecular flexibility index (Phi) is 2.70. The van der Waals surface area contributed by atoms with E-state index < -0.39 is 0 Å². The average molecular weight is 238 g/mol. The molecule has 4 heteroatoms. The molecular formula is C12H18N2OS. The third-order valence-corrected chi connectivity index (χ3v) is 4.19. The Labute approximate surface area is 100 Å². The van der Waals surface area contributed by atoms with Gasteiger partial charge in [-0.25, -0.2) is 0 Å². The van der Waals surface area contributed by atoms with Gasteiger partial charge >= 0.3 is 0 Å². The van der Waals surface area contributed by atoms with Crippen LogP contribution in [0.25, 0.3) is 0 Å². The van der Waals surface area contributed by atoms with Gasteiger partial charge in [0.05, 0.1) is 4.88 Å². The van der Waals surface area contributed by atoms with E-state index >= 15 is 0 Å². The minimum atomic E-state index is 0.135. The minimum absolute atomic E-state index is 0.135. The van der Waals surface area contributed by atoms with Crippen LogP contribution in [0.1, 0.15) is 34.8 Å². The Morgan fingerprint density at radius 2 is 2.25 bits per heavy atom. The van der Waals surface area contributed by atoms with Crippen LogP contribution in [-0.2, 0) is 0 Å². The Bertz CT molecular complexity index is 403. The lowest BCUT2D eigenvalue weighted by molar-refractivity contribution is 0.0783. The van der Waals surface area contributed by atoms with Crippen molar-refractivity contribution in [3.63, 3.8) is 0 Å². The molecule has 16 heavy (non-hydrogen) atoms. The summed E-state index contributed by atoms with van der Waals surface area (Å²) in [5.74, 6) is 0.135. The maximum atomic E-state index is 12.2. The van der Waals surface area contributed by atoms with Crippen LogP contribution in [0.5, 0.6) is 0 Å². The highest BCUT2D eigenvalue weighted by molar-refractivity contribution is 7.14. The predicted octanol–water partition coefficient (Wildman–Crippen LogP) is 2.51. The largest absolute Gasteiger partial charge is 0.398 e. The van der Waals surface area contributed by atoms with Crippen LogP contribution in [-0.4, -0.2) is 23.9 Å². The number of thiophene rings is 1. The molecule has 2 rings (SSSR count). The van der Waals surface area contributed by atoms with E-state index in [0.29, 0.717) is 0 Å². The van der Waals surface area contributed by atoms with Crippen molar-refractivity contribution < 1.29 is 4.79 Å². The molecule has 1 saturated heterocycles.